The maximum absolute atomic E-state index is 14.0. The Bertz CT molecular complexity index is 1200. The van der Waals surface area contributed by atoms with Crippen molar-refractivity contribution in [3.63, 3.8) is 0 Å². The van der Waals surface area contributed by atoms with Crippen LogP contribution < -0.4 is 5.32 Å². The van der Waals surface area contributed by atoms with E-state index in [4.69, 9.17) is 19.2 Å². The largest absolute Gasteiger partial charge is 0.460 e. The van der Waals surface area contributed by atoms with Crippen LogP contribution in [0.15, 0.2) is 50.5 Å². The van der Waals surface area contributed by atoms with Crippen molar-refractivity contribution < 1.29 is 28.2 Å². The second-order valence-electron chi connectivity index (χ2n) is 8.82. The van der Waals surface area contributed by atoms with Crippen LogP contribution in [0, 0.1) is 5.82 Å². The quantitative estimate of drug-likeness (QED) is 0.462. The van der Waals surface area contributed by atoms with Crippen molar-refractivity contribution in [3.05, 3.63) is 61.9 Å². The lowest BCUT2D eigenvalue weighted by Crippen LogP contribution is -2.43. The van der Waals surface area contributed by atoms with Crippen LogP contribution in [-0.2, 0) is 23.8 Å². The summed E-state index contributed by atoms with van der Waals surface area (Å²) in [6, 6.07) is 3.37. The number of carbonyl (C=O) groups is 2. The lowest BCUT2D eigenvalue weighted by Gasteiger charge is -2.32. The van der Waals surface area contributed by atoms with E-state index < -0.39 is 29.9 Å². The fourth-order valence-electron chi connectivity index (χ4n) is 3.94. The van der Waals surface area contributed by atoms with E-state index in [2.05, 4.69) is 31.1 Å². The van der Waals surface area contributed by atoms with Gasteiger partial charge in [-0.1, -0.05) is 22.0 Å². The summed E-state index contributed by atoms with van der Waals surface area (Å²) in [6.07, 6.45) is 0.188. The van der Waals surface area contributed by atoms with Gasteiger partial charge in [0.2, 0.25) is 0 Å². The zero-order valence-electron chi connectivity index (χ0n) is 20.7. The van der Waals surface area contributed by atoms with Crippen molar-refractivity contribution in [2.24, 2.45) is 4.99 Å². The molecular weight excluding hydrogens is 567 g/mol. The molecule has 0 bridgehead atoms. The Labute approximate surface area is 226 Å². The molecule has 1 aromatic carbocycles. The average molecular weight is 595 g/mol. The molecule has 198 valence electrons. The third-order valence-corrected chi connectivity index (χ3v) is 7.16. The van der Waals surface area contributed by atoms with Gasteiger partial charge in [-0.15, -0.1) is 11.3 Å². The third-order valence-electron chi connectivity index (χ3n) is 5.69. The van der Waals surface area contributed by atoms with Crippen LogP contribution in [0.5, 0.6) is 0 Å². The van der Waals surface area contributed by atoms with Gasteiger partial charge in [0.25, 0.3) is 0 Å². The lowest BCUT2D eigenvalue weighted by atomic mass is 9.95. The molecule has 1 fully saturated rings. The average Bonchev–Trinajstić information content (AvgIpc) is 3.39. The van der Waals surface area contributed by atoms with Crippen molar-refractivity contribution >= 4 is 45.0 Å². The number of aliphatic imine (C=N–C) groups is 1. The summed E-state index contributed by atoms with van der Waals surface area (Å²) < 4.78 is 30.7. The number of thiazole rings is 1. The van der Waals surface area contributed by atoms with E-state index in [9.17, 15) is 14.0 Å². The number of carbonyl (C=O) groups excluding carboxylic acids is 2. The Hall–Kier alpha value is -2.67. The summed E-state index contributed by atoms with van der Waals surface area (Å²) in [4.78, 5) is 37.4. The predicted octanol–water partition coefficient (Wildman–Crippen LogP) is 3.61. The molecule has 1 N–H and O–H groups in total. The predicted molar refractivity (Wildman–Crippen MR) is 140 cm³/mol. The van der Waals surface area contributed by atoms with Crippen LogP contribution in [0.4, 0.5) is 4.39 Å². The first kappa shape index (κ1) is 27.4. The summed E-state index contributed by atoms with van der Waals surface area (Å²) >= 11 is 4.83. The zero-order valence-corrected chi connectivity index (χ0v) is 23.1. The highest BCUT2D eigenvalue weighted by Gasteiger charge is 2.36. The smallest absolute Gasteiger partial charge is 0.347 e. The van der Waals surface area contributed by atoms with Gasteiger partial charge in [-0.05, 0) is 38.5 Å². The van der Waals surface area contributed by atoms with E-state index >= 15 is 0 Å². The lowest BCUT2D eigenvalue weighted by molar-refractivity contribution is -0.167. The first-order valence-electron chi connectivity index (χ1n) is 11.9. The number of rotatable bonds is 8. The van der Waals surface area contributed by atoms with Crippen LogP contribution in [-0.4, -0.2) is 72.7 Å². The number of esters is 2. The highest BCUT2D eigenvalue weighted by molar-refractivity contribution is 9.10. The second-order valence-corrected chi connectivity index (χ2v) is 10.6. The Balaban J connectivity index is 1.77. The molecule has 9 nitrogen and oxygen atoms in total. The van der Waals surface area contributed by atoms with Crippen molar-refractivity contribution in [1.82, 2.24) is 15.2 Å². The molecule has 2 atom stereocenters. The van der Waals surface area contributed by atoms with Crippen LogP contribution >= 0.6 is 27.3 Å². The monoisotopic (exact) mass is 594 g/mol. The molecule has 2 aliphatic heterocycles. The number of ether oxygens (including phenoxy) is 3. The van der Waals surface area contributed by atoms with Crippen molar-refractivity contribution in [2.45, 2.75) is 39.0 Å². The normalized spacial score (nSPS) is 19.3. The fourth-order valence-corrected chi connectivity index (χ4v) is 5.10. The number of amidine groups is 1. The molecule has 0 saturated carbocycles. The van der Waals surface area contributed by atoms with E-state index in [0.717, 1.165) is 0 Å². The maximum atomic E-state index is 14.0. The van der Waals surface area contributed by atoms with Gasteiger partial charge in [-0.2, -0.15) is 0 Å². The number of aromatic nitrogens is 1. The molecule has 3 heterocycles. The summed E-state index contributed by atoms with van der Waals surface area (Å²) in [5, 5.41) is 5.76. The maximum Gasteiger partial charge on any atom is 0.347 e. The molecule has 1 aromatic heterocycles. The van der Waals surface area contributed by atoms with E-state index in [-0.39, 0.29) is 11.7 Å². The number of halogens is 2. The van der Waals surface area contributed by atoms with Crippen LogP contribution in [0.2, 0.25) is 0 Å². The Morgan fingerprint density at radius 1 is 1.27 bits per heavy atom. The number of morpholine rings is 1. The summed E-state index contributed by atoms with van der Waals surface area (Å²) in [6.45, 7) is 7.80. The van der Waals surface area contributed by atoms with Gasteiger partial charge < -0.3 is 19.5 Å². The van der Waals surface area contributed by atoms with Crippen LogP contribution in [0.1, 0.15) is 37.4 Å². The standard InChI is InChI=1S/C25H28BrFN4O5S/c1-14(2)35-24(32)15(3)36-25(33)20-19(13-31-7-9-34-10-8-31)29-22(23-28-6-11-37-23)30-21(20)17-5-4-16(27)12-18(17)26/h4-6,11-12,14-15,21H,7-10,13H2,1-3H3,(H,29,30)/t15-,21-/m1/s1. The molecule has 2 aromatic rings. The van der Waals surface area contributed by atoms with Gasteiger partial charge in [0, 0.05) is 41.4 Å². The topological polar surface area (TPSA) is 102 Å². The van der Waals surface area contributed by atoms with Crippen molar-refractivity contribution in [2.75, 3.05) is 32.8 Å². The van der Waals surface area contributed by atoms with E-state index in [1.165, 1.54) is 30.4 Å². The van der Waals surface area contributed by atoms with Crippen molar-refractivity contribution in [3.8, 4) is 0 Å². The minimum absolute atomic E-state index is 0.225. The van der Waals surface area contributed by atoms with Gasteiger partial charge in [0.15, 0.2) is 16.9 Å². The highest BCUT2D eigenvalue weighted by atomic mass is 79.9. The molecule has 4 rings (SSSR count). The molecule has 0 unspecified atom stereocenters. The van der Waals surface area contributed by atoms with Gasteiger partial charge >= 0.3 is 11.9 Å². The van der Waals surface area contributed by atoms with Crippen molar-refractivity contribution in [1.29, 1.82) is 0 Å². The molecule has 0 aliphatic carbocycles. The molecule has 37 heavy (non-hydrogen) atoms. The van der Waals surface area contributed by atoms with E-state index in [1.54, 1.807) is 26.1 Å². The Morgan fingerprint density at radius 2 is 2.03 bits per heavy atom. The molecule has 0 radical (unpaired) electrons. The van der Waals surface area contributed by atoms with Crippen LogP contribution in [0.3, 0.4) is 0 Å². The van der Waals surface area contributed by atoms with Gasteiger partial charge in [-0.3, -0.25) is 9.89 Å². The summed E-state index contributed by atoms with van der Waals surface area (Å²) in [5.74, 6) is -1.30. The SMILES string of the molecule is CC(C)OC(=O)[C@@H](C)OC(=O)C1=C(CN2CCOCC2)NC(c2nccs2)=N[C@@H]1c1ccc(F)cc1Br. The number of benzene rings is 1. The number of hydrogen-bond donors (Lipinski definition) is 1. The number of nitrogens with zero attached hydrogens (tertiary/aromatic N) is 3. The van der Waals surface area contributed by atoms with Crippen LogP contribution in [0.25, 0.3) is 0 Å². The van der Waals surface area contributed by atoms with Gasteiger partial charge in [0.05, 0.1) is 24.9 Å². The molecule has 0 amide bonds. The minimum Gasteiger partial charge on any atom is -0.460 e. The number of nitrogens with one attached hydrogen (secondary N) is 1. The Morgan fingerprint density at radius 3 is 2.68 bits per heavy atom. The van der Waals surface area contributed by atoms with Gasteiger partial charge in [-0.25, -0.2) is 19.0 Å². The fraction of sp³-hybridized carbons (Fsp3) is 0.440. The molecular formula is C25H28BrFN4O5S. The first-order valence-corrected chi connectivity index (χ1v) is 13.5. The summed E-state index contributed by atoms with van der Waals surface area (Å²) in [5.41, 5.74) is 1.36. The third kappa shape index (κ3) is 6.81. The number of hydrogen-bond acceptors (Lipinski definition) is 10. The first-order chi connectivity index (χ1) is 17.7. The zero-order chi connectivity index (χ0) is 26.5. The molecule has 1 saturated heterocycles. The van der Waals surface area contributed by atoms with E-state index in [0.29, 0.717) is 59.4 Å². The van der Waals surface area contributed by atoms with Gasteiger partial charge in [0.1, 0.15) is 11.9 Å². The Kier molecular flexibility index (Phi) is 9.06. The molecule has 2 aliphatic rings. The summed E-state index contributed by atoms with van der Waals surface area (Å²) in [7, 11) is 0. The second kappa shape index (κ2) is 12.2. The minimum atomic E-state index is -1.13. The van der Waals surface area contributed by atoms with E-state index in [1.807, 2.05) is 5.38 Å². The molecule has 0 spiro atoms. The molecule has 12 heteroatoms. The highest BCUT2D eigenvalue weighted by Crippen LogP contribution is 2.37.